The van der Waals surface area contributed by atoms with Crippen LogP contribution in [0.3, 0.4) is 0 Å². The molecular formula is C20H16N4O2. The van der Waals surface area contributed by atoms with Gasteiger partial charge in [0.15, 0.2) is 0 Å². The Balaban J connectivity index is 1.73. The van der Waals surface area contributed by atoms with Crippen molar-refractivity contribution in [3.63, 3.8) is 0 Å². The van der Waals surface area contributed by atoms with Crippen LogP contribution in [0.4, 0.5) is 11.5 Å². The molecule has 1 aliphatic rings. The molecule has 0 bridgehead atoms. The predicted molar refractivity (Wildman–Crippen MR) is 98.6 cm³/mol. The van der Waals surface area contributed by atoms with Crippen LogP contribution in [-0.4, -0.2) is 9.91 Å². The highest BCUT2D eigenvalue weighted by Gasteiger charge is 2.32. The number of nitro benzene ring substituents is 1. The lowest BCUT2D eigenvalue weighted by atomic mass is 10.0. The molecule has 1 aliphatic carbocycles. The third-order valence-corrected chi connectivity index (χ3v) is 4.68. The molecule has 6 nitrogen and oxygen atoms in total. The van der Waals surface area contributed by atoms with Crippen molar-refractivity contribution in [3.8, 4) is 6.07 Å². The summed E-state index contributed by atoms with van der Waals surface area (Å²) < 4.78 is 0. The Morgan fingerprint density at radius 2 is 1.96 bits per heavy atom. The second-order valence-electron chi connectivity index (χ2n) is 6.50. The van der Waals surface area contributed by atoms with Crippen molar-refractivity contribution in [2.45, 2.75) is 18.9 Å². The van der Waals surface area contributed by atoms with Gasteiger partial charge in [-0.15, -0.1) is 0 Å². The summed E-state index contributed by atoms with van der Waals surface area (Å²) in [5.74, 6) is 1.17. The molecule has 1 saturated carbocycles. The quantitative estimate of drug-likeness (QED) is 0.540. The van der Waals surface area contributed by atoms with Crippen molar-refractivity contribution < 1.29 is 4.92 Å². The lowest BCUT2D eigenvalue weighted by Crippen LogP contribution is -2.14. The Morgan fingerprint density at radius 3 is 2.62 bits per heavy atom. The van der Waals surface area contributed by atoms with Crippen LogP contribution in [0.2, 0.25) is 0 Å². The molecule has 3 aromatic rings. The number of nitrogens with one attached hydrogen (secondary N) is 1. The average Bonchev–Trinajstić information content (AvgIpc) is 3.50. The van der Waals surface area contributed by atoms with Crippen LogP contribution >= 0.6 is 0 Å². The van der Waals surface area contributed by atoms with Crippen molar-refractivity contribution in [2.24, 2.45) is 5.92 Å². The van der Waals surface area contributed by atoms with E-state index in [0.717, 1.165) is 12.8 Å². The van der Waals surface area contributed by atoms with Gasteiger partial charge in [-0.3, -0.25) is 10.1 Å². The smallest absolute Gasteiger partial charge is 0.270 e. The van der Waals surface area contributed by atoms with E-state index in [4.69, 9.17) is 0 Å². The van der Waals surface area contributed by atoms with Gasteiger partial charge in [0.2, 0.25) is 0 Å². The number of benzene rings is 2. The van der Waals surface area contributed by atoms with Gasteiger partial charge in [0, 0.05) is 17.5 Å². The summed E-state index contributed by atoms with van der Waals surface area (Å²) in [7, 11) is 0. The van der Waals surface area contributed by atoms with Crippen LogP contribution < -0.4 is 5.32 Å². The normalized spacial score (nSPS) is 14.6. The Morgan fingerprint density at radius 1 is 1.19 bits per heavy atom. The zero-order chi connectivity index (χ0) is 18.1. The molecule has 1 atom stereocenters. The van der Waals surface area contributed by atoms with E-state index in [0.29, 0.717) is 28.2 Å². The van der Waals surface area contributed by atoms with E-state index in [1.165, 1.54) is 17.7 Å². The number of aromatic nitrogens is 1. The third kappa shape index (κ3) is 3.07. The molecule has 0 aliphatic heterocycles. The van der Waals surface area contributed by atoms with Gasteiger partial charge in [0.25, 0.3) is 5.69 Å². The first-order valence-corrected chi connectivity index (χ1v) is 8.46. The van der Waals surface area contributed by atoms with E-state index in [2.05, 4.69) is 28.5 Å². The van der Waals surface area contributed by atoms with Gasteiger partial charge >= 0.3 is 0 Å². The number of nitrogens with zero attached hydrogens (tertiary/aromatic N) is 3. The van der Waals surface area contributed by atoms with Gasteiger partial charge in [0.1, 0.15) is 5.82 Å². The van der Waals surface area contributed by atoms with E-state index < -0.39 is 4.92 Å². The molecule has 0 saturated heterocycles. The van der Waals surface area contributed by atoms with E-state index in [-0.39, 0.29) is 11.7 Å². The molecule has 128 valence electrons. The predicted octanol–water partition coefficient (Wildman–Crippen LogP) is 4.58. The Labute approximate surface area is 150 Å². The van der Waals surface area contributed by atoms with Gasteiger partial charge in [-0.25, -0.2) is 4.98 Å². The highest BCUT2D eigenvalue weighted by atomic mass is 16.6. The third-order valence-electron chi connectivity index (χ3n) is 4.68. The van der Waals surface area contributed by atoms with Crippen LogP contribution in [0.5, 0.6) is 0 Å². The summed E-state index contributed by atoms with van der Waals surface area (Å²) >= 11 is 0. The summed E-state index contributed by atoms with van der Waals surface area (Å²) in [6, 6.07) is 18.5. The van der Waals surface area contributed by atoms with E-state index >= 15 is 0 Å². The van der Waals surface area contributed by atoms with Crippen LogP contribution in [-0.2, 0) is 0 Å². The lowest BCUT2D eigenvalue weighted by Gasteiger charge is -2.20. The highest BCUT2D eigenvalue weighted by Crippen LogP contribution is 2.42. The zero-order valence-corrected chi connectivity index (χ0v) is 13.9. The number of nitro groups is 1. The SMILES string of the molecule is N#Cc1cc(NC(c2ccccc2)C2CC2)nc2ccc([N+](=O)[O-])cc12. The van der Waals surface area contributed by atoms with Gasteiger partial charge in [-0.2, -0.15) is 5.26 Å². The summed E-state index contributed by atoms with van der Waals surface area (Å²) in [5.41, 5.74) is 2.10. The minimum atomic E-state index is -0.467. The number of hydrogen-bond acceptors (Lipinski definition) is 5. The van der Waals surface area contributed by atoms with Crippen LogP contribution in [0.25, 0.3) is 10.9 Å². The fraction of sp³-hybridized carbons (Fsp3) is 0.200. The second kappa shape index (κ2) is 6.45. The fourth-order valence-corrected chi connectivity index (χ4v) is 3.22. The highest BCUT2D eigenvalue weighted by molar-refractivity contribution is 5.88. The number of anilines is 1. The largest absolute Gasteiger partial charge is 0.363 e. The van der Waals surface area contributed by atoms with Crippen molar-refractivity contribution in [2.75, 3.05) is 5.32 Å². The van der Waals surface area contributed by atoms with Crippen LogP contribution in [0.1, 0.15) is 30.0 Å². The average molecular weight is 344 g/mol. The van der Waals surface area contributed by atoms with Crippen LogP contribution in [0, 0.1) is 27.4 Å². The Bertz CT molecular complexity index is 1020. The number of fused-ring (bicyclic) bond motifs is 1. The minimum absolute atomic E-state index is 0.0448. The van der Waals surface area contributed by atoms with Gasteiger partial charge in [-0.1, -0.05) is 30.3 Å². The van der Waals surface area contributed by atoms with Crippen molar-refractivity contribution in [1.82, 2.24) is 4.98 Å². The van der Waals surface area contributed by atoms with Crippen molar-refractivity contribution in [1.29, 1.82) is 5.26 Å². The number of nitriles is 1. The molecule has 0 radical (unpaired) electrons. The molecule has 1 fully saturated rings. The maximum atomic E-state index is 11.0. The minimum Gasteiger partial charge on any atom is -0.363 e. The van der Waals surface area contributed by atoms with Gasteiger partial charge in [-0.05, 0) is 36.5 Å². The summed E-state index contributed by atoms with van der Waals surface area (Å²) in [5, 5.41) is 24.4. The fourth-order valence-electron chi connectivity index (χ4n) is 3.22. The molecule has 1 N–H and O–H groups in total. The summed E-state index contributed by atoms with van der Waals surface area (Å²) in [4.78, 5) is 15.1. The van der Waals surface area contributed by atoms with E-state index in [1.54, 1.807) is 12.1 Å². The standard InChI is InChI=1S/C20H16N4O2/c21-12-15-10-19(22-18-9-8-16(24(25)26)11-17(15)18)23-20(14-6-7-14)13-4-2-1-3-5-13/h1-5,8-11,14,20H,6-7H2,(H,22,23). The maximum absolute atomic E-state index is 11.0. The first-order valence-electron chi connectivity index (χ1n) is 8.46. The number of hydrogen-bond donors (Lipinski definition) is 1. The molecule has 4 rings (SSSR count). The first kappa shape index (κ1) is 16.0. The maximum Gasteiger partial charge on any atom is 0.270 e. The monoisotopic (exact) mass is 344 g/mol. The molecule has 0 spiro atoms. The molecule has 1 aromatic heterocycles. The molecule has 1 unspecified atom stereocenters. The van der Waals surface area contributed by atoms with E-state index in [1.807, 2.05) is 18.2 Å². The molecule has 1 heterocycles. The van der Waals surface area contributed by atoms with E-state index in [9.17, 15) is 15.4 Å². The van der Waals surface area contributed by atoms with Gasteiger partial charge < -0.3 is 5.32 Å². The van der Waals surface area contributed by atoms with Gasteiger partial charge in [0.05, 0.1) is 28.1 Å². The summed E-state index contributed by atoms with van der Waals surface area (Å²) in [6.07, 6.45) is 2.33. The first-order chi connectivity index (χ1) is 12.7. The van der Waals surface area contributed by atoms with Crippen molar-refractivity contribution >= 4 is 22.4 Å². The molecule has 2 aromatic carbocycles. The number of rotatable bonds is 5. The summed E-state index contributed by atoms with van der Waals surface area (Å²) in [6.45, 7) is 0. The molecule has 0 amide bonds. The Hall–Kier alpha value is -3.46. The second-order valence-corrected chi connectivity index (χ2v) is 6.50. The topological polar surface area (TPSA) is 91.8 Å². The molecular weight excluding hydrogens is 328 g/mol. The zero-order valence-electron chi connectivity index (χ0n) is 13.9. The lowest BCUT2D eigenvalue weighted by molar-refractivity contribution is -0.384. The number of pyridine rings is 1. The number of non-ortho nitro benzene ring substituents is 1. The van der Waals surface area contributed by atoms with Crippen molar-refractivity contribution in [3.05, 3.63) is 75.8 Å². The van der Waals surface area contributed by atoms with Crippen LogP contribution in [0.15, 0.2) is 54.6 Å². The molecule has 6 heteroatoms. The molecule has 26 heavy (non-hydrogen) atoms. The Kier molecular flexibility index (Phi) is 3.98.